The molecule has 0 radical (unpaired) electrons. The molecule has 3 rings (SSSR count). The minimum absolute atomic E-state index is 0.107. The van der Waals surface area contributed by atoms with Gasteiger partial charge in [0.25, 0.3) is 0 Å². The maximum absolute atomic E-state index is 12.7. The molecule has 0 N–H and O–H groups in total. The van der Waals surface area contributed by atoms with Crippen molar-refractivity contribution in [1.82, 2.24) is 14.8 Å². The third-order valence-corrected chi connectivity index (χ3v) is 4.79. The monoisotopic (exact) mass is 365 g/mol. The maximum atomic E-state index is 12.7. The van der Waals surface area contributed by atoms with Gasteiger partial charge in [0, 0.05) is 18.1 Å². The molecule has 0 fully saturated rings. The second kappa shape index (κ2) is 8.74. The quantitative estimate of drug-likeness (QED) is 0.637. The van der Waals surface area contributed by atoms with Gasteiger partial charge in [0.1, 0.15) is 5.01 Å². The minimum Gasteiger partial charge on any atom is -0.330 e. The van der Waals surface area contributed by atoms with Crippen molar-refractivity contribution in [3.8, 4) is 11.1 Å². The number of nitrogens with zero attached hydrogens (tertiary/aromatic N) is 3. The first-order valence-electron chi connectivity index (χ1n) is 8.57. The fourth-order valence-electron chi connectivity index (χ4n) is 2.80. The number of hydrogen-bond acceptors (Lipinski definition) is 4. The molecule has 0 spiro atoms. The third-order valence-electron chi connectivity index (χ3n) is 4.02. The lowest BCUT2D eigenvalue weighted by atomic mass is 10.0. The third kappa shape index (κ3) is 5.00. The van der Waals surface area contributed by atoms with E-state index >= 15 is 0 Å². The van der Waals surface area contributed by atoms with Gasteiger partial charge in [0.05, 0.1) is 13.1 Å². The Labute approximate surface area is 158 Å². The van der Waals surface area contributed by atoms with Crippen molar-refractivity contribution in [3.63, 3.8) is 0 Å². The van der Waals surface area contributed by atoms with Gasteiger partial charge in [-0.2, -0.15) is 0 Å². The van der Waals surface area contributed by atoms with Crippen molar-refractivity contribution < 1.29 is 4.79 Å². The fraction of sp³-hybridized carbons (Fsp3) is 0.238. The summed E-state index contributed by atoms with van der Waals surface area (Å²) in [4.78, 5) is 20.8. The standard InChI is InChI=1S/C21H23N3OS/c1-23(2)16-21(25)24(15-20-22-11-12-26-20)14-17-7-6-10-19(13-17)18-8-4-3-5-9-18/h3-13H,14-16H2,1-2H3. The molecule has 0 aliphatic heterocycles. The van der Waals surface area contributed by atoms with E-state index in [1.807, 2.05) is 47.5 Å². The van der Waals surface area contributed by atoms with Gasteiger partial charge in [-0.3, -0.25) is 4.79 Å². The Morgan fingerprint density at radius 1 is 1.00 bits per heavy atom. The Kier molecular flexibility index (Phi) is 6.15. The maximum Gasteiger partial charge on any atom is 0.237 e. The molecule has 0 saturated carbocycles. The van der Waals surface area contributed by atoms with Crippen LogP contribution in [0.5, 0.6) is 0 Å². The van der Waals surface area contributed by atoms with Crippen LogP contribution in [0.25, 0.3) is 11.1 Å². The topological polar surface area (TPSA) is 36.4 Å². The molecule has 0 atom stereocenters. The highest BCUT2D eigenvalue weighted by Gasteiger charge is 2.16. The van der Waals surface area contributed by atoms with E-state index in [0.717, 1.165) is 16.1 Å². The number of carbonyl (C=O) groups excluding carboxylic acids is 1. The second-order valence-electron chi connectivity index (χ2n) is 6.48. The fourth-order valence-corrected chi connectivity index (χ4v) is 3.43. The first-order chi connectivity index (χ1) is 12.6. The first-order valence-corrected chi connectivity index (χ1v) is 9.45. The van der Waals surface area contributed by atoms with Crippen LogP contribution < -0.4 is 0 Å². The lowest BCUT2D eigenvalue weighted by molar-refractivity contribution is -0.133. The van der Waals surface area contributed by atoms with Gasteiger partial charge in [-0.05, 0) is 36.9 Å². The van der Waals surface area contributed by atoms with Gasteiger partial charge in [-0.1, -0.05) is 48.5 Å². The predicted molar refractivity (Wildman–Crippen MR) is 107 cm³/mol. The molecule has 3 aromatic rings. The Morgan fingerprint density at radius 2 is 1.77 bits per heavy atom. The van der Waals surface area contributed by atoms with E-state index < -0.39 is 0 Å². The summed E-state index contributed by atoms with van der Waals surface area (Å²) in [6.45, 7) is 1.51. The Morgan fingerprint density at radius 3 is 2.46 bits per heavy atom. The second-order valence-corrected chi connectivity index (χ2v) is 7.46. The zero-order valence-electron chi connectivity index (χ0n) is 15.1. The molecule has 4 nitrogen and oxygen atoms in total. The van der Waals surface area contributed by atoms with Gasteiger partial charge < -0.3 is 9.80 Å². The van der Waals surface area contributed by atoms with E-state index in [1.165, 1.54) is 5.56 Å². The molecule has 0 aliphatic carbocycles. The summed E-state index contributed by atoms with van der Waals surface area (Å²) in [6, 6.07) is 18.7. The molecule has 0 aliphatic rings. The Balaban J connectivity index is 1.80. The molecule has 0 unspecified atom stereocenters. The Bertz CT molecular complexity index is 831. The zero-order valence-corrected chi connectivity index (χ0v) is 15.9. The lowest BCUT2D eigenvalue weighted by Crippen LogP contribution is -2.37. The van der Waals surface area contributed by atoms with Crippen LogP contribution in [-0.4, -0.2) is 41.3 Å². The smallest absolute Gasteiger partial charge is 0.237 e. The van der Waals surface area contributed by atoms with E-state index in [2.05, 4.69) is 41.4 Å². The summed E-state index contributed by atoms with van der Waals surface area (Å²) in [5.74, 6) is 0.107. The Hall–Kier alpha value is -2.50. The van der Waals surface area contributed by atoms with Crippen LogP contribution in [0, 0.1) is 0 Å². The predicted octanol–water partition coefficient (Wildman–Crippen LogP) is 3.90. The van der Waals surface area contributed by atoms with Crippen molar-refractivity contribution >= 4 is 17.2 Å². The summed E-state index contributed by atoms with van der Waals surface area (Å²) in [6.07, 6.45) is 1.78. The summed E-state index contributed by atoms with van der Waals surface area (Å²) in [5, 5.41) is 2.90. The van der Waals surface area contributed by atoms with Crippen LogP contribution >= 0.6 is 11.3 Å². The molecule has 1 heterocycles. The summed E-state index contributed by atoms with van der Waals surface area (Å²) < 4.78 is 0. The van der Waals surface area contributed by atoms with Crippen LogP contribution in [0.1, 0.15) is 10.6 Å². The molecular formula is C21H23N3OS. The molecule has 0 bridgehead atoms. The molecule has 0 saturated heterocycles. The van der Waals surface area contributed by atoms with Gasteiger partial charge in [0.2, 0.25) is 5.91 Å². The van der Waals surface area contributed by atoms with Crippen molar-refractivity contribution in [1.29, 1.82) is 0 Å². The molecule has 26 heavy (non-hydrogen) atoms. The van der Waals surface area contributed by atoms with Crippen molar-refractivity contribution in [3.05, 3.63) is 76.7 Å². The van der Waals surface area contributed by atoms with E-state index in [0.29, 0.717) is 19.6 Å². The van der Waals surface area contributed by atoms with Gasteiger partial charge in [0.15, 0.2) is 0 Å². The highest BCUT2D eigenvalue weighted by Crippen LogP contribution is 2.21. The summed E-state index contributed by atoms with van der Waals surface area (Å²) >= 11 is 1.58. The highest BCUT2D eigenvalue weighted by atomic mass is 32.1. The van der Waals surface area contributed by atoms with Crippen molar-refractivity contribution in [2.45, 2.75) is 13.1 Å². The molecule has 5 heteroatoms. The van der Waals surface area contributed by atoms with Crippen LogP contribution in [0.4, 0.5) is 0 Å². The number of rotatable bonds is 7. The van der Waals surface area contributed by atoms with Gasteiger partial charge in [-0.15, -0.1) is 11.3 Å². The average Bonchev–Trinajstić information content (AvgIpc) is 3.15. The molecule has 134 valence electrons. The van der Waals surface area contributed by atoms with E-state index in [4.69, 9.17) is 0 Å². The van der Waals surface area contributed by atoms with Crippen LogP contribution in [0.2, 0.25) is 0 Å². The number of likely N-dealkylation sites (N-methyl/N-ethyl adjacent to an activating group) is 1. The number of hydrogen-bond donors (Lipinski definition) is 0. The van der Waals surface area contributed by atoms with Crippen molar-refractivity contribution in [2.24, 2.45) is 0 Å². The SMILES string of the molecule is CN(C)CC(=O)N(Cc1cccc(-c2ccccc2)c1)Cc1nccs1. The minimum atomic E-state index is 0.107. The number of aromatic nitrogens is 1. The lowest BCUT2D eigenvalue weighted by Gasteiger charge is -2.24. The number of thiazole rings is 1. The molecular weight excluding hydrogens is 342 g/mol. The number of amides is 1. The highest BCUT2D eigenvalue weighted by molar-refractivity contribution is 7.09. The number of benzene rings is 2. The van der Waals surface area contributed by atoms with E-state index in [9.17, 15) is 4.79 Å². The first kappa shape index (κ1) is 18.3. The summed E-state index contributed by atoms with van der Waals surface area (Å²) in [5.41, 5.74) is 3.47. The van der Waals surface area contributed by atoms with E-state index in [-0.39, 0.29) is 5.91 Å². The van der Waals surface area contributed by atoms with Crippen LogP contribution in [-0.2, 0) is 17.9 Å². The van der Waals surface area contributed by atoms with Gasteiger partial charge in [-0.25, -0.2) is 4.98 Å². The van der Waals surface area contributed by atoms with Crippen LogP contribution in [0.15, 0.2) is 66.2 Å². The largest absolute Gasteiger partial charge is 0.330 e. The molecule has 1 aromatic heterocycles. The summed E-state index contributed by atoms with van der Waals surface area (Å²) in [7, 11) is 3.82. The molecule has 1 amide bonds. The average molecular weight is 366 g/mol. The zero-order chi connectivity index (χ0) is 18.4. The van der Waals surface area contributed by atoms with Gasteiger partial charge >= 0.3 is 0 Å². The number of carbonyl (C=O) groups is 1. The van der Waals surface area contributed by atoms with Crippen LogP contribution in [0.3, 0.4) is 0 Å². The normalized spacial score (nSPS) is 10.9. The van der Waals surface area contributed by atoms with Crippen molar-refractivity contribution in [2.75, 3.05) is 20.6 Å². The van der Waals surface area contributed by atoms with E-state index in [1.54, 1.807) is 17.5 Å². The molecule has 2 aromatic carbocycles.